The lowest BCUT2D eigenvalue weighted by Crippen LogP contribution is -2.16. The van der Waals surface area contributed by atoms with E-state index in [2.05, 4.69) is 55.4 Å². The molecular weight excluding hydrogens is 144 g/mol. The molecule has 0 aliphatic carbocycles. The highest BCUT2D eigenvalue weighted by molar-refractivity contribution is 5.20. The summed E-state index contributed by atoms with van der Waals surface area (Å²) in [5.41, 5.74) is 3.68. The molecule has 0 aliphatic heterocycles. The summed E-state index contributed by atoms with van der Waals surface area (Å²) < 4.78 is 0. The standard InChI is InChI=1S/C12H24/c1-9(11(3,4)5)10(2)12(6,7)8/h1-8H3. The van der Waals surface area contributed by atoms with E-state index in [-0.39, 0.29) is 0 Å². The number of hydrogen-bond donors (Lipinski definition) is 0. The van der Waals surface area contributed by atoms with E-state index in [4.69, 9.17) is 0 Å². The Morgan fingerprint density at radius 1 is 0.583 bits per heavy atom. The molecule has 0 amide bonds. The fraction of sp³-hybridized carbons (Fsp3) is 0.833. The van der Waals surface area contributed by atoms with Gasteiger partial charge in [-0.3, -0.25) is 0 Å². The van der Waals surface area contributed by atoms with Gasteiger partial charge in [0.2, 0.25) is 0 Å². The maximum atomic E-state index is 2.28. The monoisotopic (exact) mass is 168 g/mol. The van der Waals surface area contributed by atoms with Gasteiger partial charge in [0.15, 0.2) is 0 Å². The SMILES string of the molecule is CC(=C(C)C(C)(C)C)C(C)(C)C. The first-order valence-electron chi connectivity index (χ1n) is 4.75. The Kier molecular flexibility index (Phi) is 3.17. The van der Waals surface area contributed by atoms with Crippen molar-refractivity contribution in [3.63, 3.8) is 0 Å². The molecule has 0 aromatic heterocycles. The summed E-state index contributed by atoms with van der Waals surface area (Å²) >= 11 is 0. The Labute approximate surface area is 78.1 Å². The van der Waals surface area contributed by atoms with E-state index in [0.29, 0.717) is 10.8 Å². The van der Waals surface area contributed by atoms with Crippen molar-refractivity contribution < 1.29 is 0 Å². The topological polar surface area (TPSA) is 0 Å². The molecule has 0 heterocycles. The summed E-state index contributed by atoms with van der Waals surface area (Å²) in [4.78, 5) is 0. The summed E-state index contributed by atoms with van der Waals surface area (Å²) in [6, 6.07) is 0. The van der Waals surface area contributed by atoms with Crippen molar-refractivity contribution in [3.05, 3.63) is 11.1 Å². The average Bonchev–Trinajstić information content (AvgIpc) is 1.80. The normalized spacial score (nSPS) is 16.0. The molecule has 0 rings (SSSR count). The molecule has 0 saturated heterocycles. The third-order valence-corrected chi connectivity index (χ3v) is 2.81. The van der Waals surface area contributed by atoms with Crippen molar-refractivity contribution in [2.45, 2.75) is 55.4 Å². The highest BCUT2D eigenvalue weighted by Gasteiger charge is 2.21. The van der Waals surface area contributed by atoms with Crippen molar-refractivity contribution >= 4 is 0 Å². The number of allylic oxidation sites excluding steroid dienone is 2. The Bertz CT molecular complexity index is 159. The molecule has 0 radical (unpaired) electrons. The van der Waals surface area contributed by atoms with Crippen molar-refractivity contribution in [1.29, 1.82) is 0 Å². The van der Waals surface area contributed by atoms with Crippen LogP contribution in [0.3, 0.4) is 0 Å². The van der Waals surface area contributed by atoms with Gasteiger partial charge in [0, 0.05) is 0 Å². The first kappa shape index (κ1) is 11.7. The van der Waals surface area contributed by atoms with Gasteiger partial charge in [0.05, 0.1) is 0 Å². The van der Waals surface area contributed by atoms with Crippen molar-refractivity contribution in [3.8, 4) is 0 Å². The zero-order chi connectivity index (χ0) is 10.2. The molecule has 0 spiro atoms. The first-order chi connectivity index (χ1) is 5.07. The van der Waals surface area contributed by atoms with Crippen LogP contribution in [0.5, 0.6) is 0 Å². The quantitative estimate of drug-likeness (QED) is 0.470. The second-order valence-electron chi connectivity index (χ2n) is 5.75. The van der Waals surface area contributed by atoms with Crippen LogP contribution in [0, 0.1) is 10.8 Å². The summed E-state index contributed by atoms with van der Waals surface area (Å²) in [6.45, 7) is 18.2. The van der Waals surface area contributed by atoms with Crippen LogP contribution < -0.4 is 0 Å². The van der Waals surface area contributed by atoms with Crippen LogP contribution in [-0.4, -0.2) is 0 Å². The predicted molar refractivity (Wildman–Crippen MR) is 57.3 cm³/mol. The van der Waals surface area contributed by atoms with Crippen LogP contribution in [0.4, 0.5) is 0 Å². The van der Waals surface area contributed by atoms with Crippen LogP contribution in [0.1, 0.15) is 55.4 Å². The molecule has 0 aromatic rings. The molecular formula is C12H24. The summed E-state index contributed by atoms with van der Waals surface area (Å²) in [7, 11) is 0. The van der Waals surface area contributed by atoms with Crippen LogP contribution >= 0.6 is 0 Å². The van der Waals surface area contributed by atoms with E-state index in [0.717, 1.165) is 0 Å². The Morgan fingerprint density at radius 3 is 0.833 bits per heavy atom. The maximum Gasteiger partial charge on any atom is -0.0173 e. The van der Waals surface area contributed by atoms with Gasteiger partial charge in [-0.15, -0.1) is 0 Å². The largest absolute Gasteiger partial charge is 0.0685 e. The fourth-order valence-electron chi connectivity index (χ4n) is 1.12. The minimum absolute atomic E-state index is 0.317. The fourth-order valence-corrected chi connectivity index (χ4v) is 1.12. The van der Waals surface area contributed by atoms with Gasteiger partial charge in [0.25, 0.3) is 0 Å². The molecule has 0 heteroatoms. The molecule has 0 nitrogen and oxygen atoms in total. The van der Waals surface area contributed by atoms with Gasteiger partial charge in [0.1, 0.15) is 0 Å². The van der Waals surface area contributed by atoms with Crippen LogP contribution in [0.15, 0.2) is 11.1 Å². The molecule has 0 bridgehead atoms. The Balaban J connectivity index is 4.96. The van der Waals surface area contributed by atoms with Crippen molar-refractivity contribution in [2.75, 3.05) is 0 Å². The van der Waals surface area contributed by atoms with E-state index in [1.54, 1.807) is 0 Å². The average molecular weight is 168 g/mol. The number of hydrogen-bond acceptors (Lipinski definition) is 0. The van der Waals surface area contributed by atoms with Crippen molar-refractivity contribution in [1.82, 2.24) is 0 Å². The molecule has 12 heavy (non-hydrogen) atoms. The van der Waals surface area contributed by atoms with Gasteiger partial charge in [-0.1, -0.05) is 52.7 Å². The third kappa shape index (κ3) is 3.00. The minimum Gasteiger partial charge on any atom is -0.0685 e. The van der Waals surface area contributed by atoms with E-state index in [1.807, 2.05) is 0 Å². The summed E-state index contributed by atoms with van der Waals surface area (Å²) in [5, 5.41) is 0. The van der Waals surface area contributed by atoms with Gasteiger partial charge < -0.3 is 0 Å². The molecule has 0 saturated carbocycles. The van der Waals surface area contributed by atoms with Gasteiger partial charge >= 0.3 is 0 Å². The maximum absolute atomic E-state index is 2.28. The predicted octanol–water partition coefficient (Wildman–Crippen LogP) is 4.42. The van der Waals surface area contributed by atoms with E-state index < -0.39 is 0 Å². The zero-order valence-electron chi connectivity index (χ0n) is 10.0. The molecule has 0 fully saturated rings. The summed E-state index contributed by atoms with van der Waals surface area (Å²) in [5.74, 6) is 0. The van der Waals surface area contributed by atoms with Gasteiger partial charge in [-0.25, -0.2) is 0 Å². The van der Waals surface area contributed by atoms with Gasteiger partial charge in [-0.05, 0) is 24.7 Å². The second-order valence-corrected chi connectivity index (χ2v) is 5.75. The van der Waals surface area contributed by atoms with Crippen LogP contribution in [-0.2, 0) is 0 Å². The number of rotatable bonds is 0. The third-order valence-electron chi connectivity index (χ3n) is 2.81. The molecule has 72 valence electrons. The highest BCUT2D eigenvalue weighted by Crippen LogP contribution is 2.35. The van der Waals surface area contributed by atoms with Crippen molar-refractivity contribution in [2.24, 2.45) is 10.8 Å². The summed E-state index contributed by atoms with van der Waals surface area (Å²) in [6.07, 6.45) is 0. The van der Waals surface area contributed by atoms with E-state index in [9.17, 15) is 0 Å². The molecule has 0 aromatic carbocycles. The molecule has 0 atom stereocenters. The Hall–Kier alpha value is -0.260. The first-order valence-corrected chi connectivity index (χ1v) is 4.75. The molecule has 0 N–H and O–H groups in total. The lowest BCUT2D eigenvalue weighted by atomic mass is 9.76. The molecule has 0 unspecified atom stereocenters. The van der Waals surface area contributed by atoms with Crippen LogP contribution in [0.25, 0.3) is 0 Å². The highest BCUT2D eigenvalue weighted by atomic mass is 14.3. The lowest BCUT2D eigenvalue weighted by molar-refractivity contribution is 0.445. The Morgan fingerprint density at radius 2 is 0.750 bits per heavy atom. The smallest absolute Gasteiger partial charge is 0.0173 e. The lowest BCUT2D eigenvalue weighted by Gasteiger charge is -2.29. The van der Waals surface area contributed by atoms with E-state index in [1.165, 1.54) is 11.1 Å². The zero-order valence-corrected chi connectivity index (χ0v) is 10.0. The molecule has 0 aliphatic rings. The minimum atomic E-state index is 0.317. The van der Waals surface area contributed by atoms with E-state index >= 15 is 0 Å². The van der Waals surface area contributed by atoms with Gasteiger partial charge in [-0.2, -0.15) is 0 Å². The second kappa shape index (κ2) is 3.24. The van der Waals surface area contributed by atoms with Crippen LogP contribution in [0.2, 0.25) is 0 Å².